The summed E-state index contributed by atoms with van der Waals surface area (Å²) in [6, 6.07) is 27.5. The number of nitrogens with zero attached hydrogens (tertiary/aromatic N) is 2. The number of para-hydroxylation sites is 1. The molecule has 0 radical (unpaired) electrons. The quantitative estimate of drug-likeness (QED) is 0.356. The van der Waals surface area contributed by atoms with Crippen LogP contribution in [0.2, 0.25) is 0 Å². The maximum atomic E-state index is 12.2. The van der Waals surface area contributed by atoms with Crippen molar-refractivity contribution in [2.75, 3.05) is 0 Å². The molecule has 0 atom stereocenters. The zero-order chi connectivity index (χ0) is 20.1. The Kier molecular flexibility index (Phi) is 5.63. The molecule has 0 saturated heterocycles. The van der Waals surface area contributed by atoms with Crippen molar-refractivity contribution in [3.63, 3.8) is 0 Å². The molecule has 0 saturated carbocycles. The smallest absolute Gasteiger partial charge is 0.346 e. The summed E-state index contributed by atoms with van der Waals surface area (Å²) in [5.41, 5.74) is 1.96. The number of carbonyl (C=O) groups is 1. The molecular weight excluding hydrogens is 432 g/mol. The Labute approximate surface area is 176 Å². The molecule has 0 N–H and O–H groups in total. The monoisotopic (exact) mass is 446 g/mol. The van der Waals surface area contributed by atoms with Crippen LogP contribution in [0.15, 0.2) is 95.5 Å². The lowest BCUT2D eigenvalue weighted by molar-refractivity contribution is 0.0725. The van der Waals surface area contributed by atoms with Crippen LogP contribution in [0.25, 0.3) is 11.3 Å². The summed E-state index contributed by atoms with van der Waals surface area (Å²) in [6.45, 7) is 0. The number of ether oxygens (including phenoxy) is 2. The minimum absolute atomic E-state index is 0.138. The van der Waals surface area contributed by atoms with Crippen LogP contribution in [0, 0.1) is 0 Å². The summed E-state index contributed by atoms with van der Waals surface area (Å²) in [5.74, 6) is 1.14. The maximum absolute atomic E-state index is 12.2. The number of esters is 1. The molecule has 0 unspecified atom stereocenters. The highest BCUT2D eigenvalue weighted by Crippen LogP contribution is 2.25. The maximum Gasteiger partial charge on any atom is 0.346 e. The fourth-order valence-corrected chi connectivity index (χ4v) is 3.07. The van der Waals surface area contributed by atoms with Gasteiger partial charge in [-0.15, -0.1) is 10.2 Å². The summed E-state index contributed by atoms with van der Waals surface area (Å²) in [4.78, 5) is 12.2. The molecule has 4 rings (SSSR count). The first-order valence-electron chi connectivity index (χ1n) is 8.83. The average molecular weight is 447 g/mol. The minimum Gasteiger partial charge on any atom is -0.457 e. The predicted octanol–water partition coefficient (Wildman–Crippen LogP) is 5.92. The summed E-state index contributed by atoms with van der Waals surface area (Å²) >= 11 is 3.33. The zero-order valence-corrected chi connectivity index (χ0v) is 16.7. The first kappa shape index (κ1) is 18.8. The van der Waals surface area contributed by atoms with Crippen LogP contribution in [0.4, 0.5) is 0 Å². The Balaban J connectivity index is 1.44. The largest absolute Gasteiger partial charge is 0.457 e. The van der Waals surface area contributed by atoms with E-state index in [-0.39, 0.29) is 5.88 Å². The van der Waals surface area contributed by atoms with Gasteiger partial charge in [-0.25, -0.2) is 4.79 Å². The van der Waals surface area contributed by atoms with Crippen LogP contribution in [-0.2, 0) is 0 Å². The first-order valence-corrected chi connectivity index (χ1v) is 9.62. The lowest BCUT2D eigenvalue weighted by Gasteiger charge is -2.07. The van der Waals surface area contributed by atoms with Crippen molar-refractivity contribution in [2.45, 2.75) is 0 Å². The molecule has 0 aliphatic rings. The molecular formula is C23H15BrN2O3. The Morgan fingerprint density at radius 2 is 1.41 bits per heavy atom. The molecule has 6 heteroatoms. The number of halogens is 1. The molecule has 142 valence electrons. The van der Waals surface area contributed by atoms with E-state index in [4.69, 9.17) is 9.47 Å². The van der Waals surface area contributed by atoms with E-state index in [2.05, 4.69) is 26.1 Å². The van der Waals surface area contributed by atoms with Gasteiger partial charge in [-0.2, -0.15) is 0 Å². The molecule has 0 aliphatic heterocycles. The SMILES string of the molecule is O=C(Oc1ccc(-c2ccc(Oc3ccccc3)cc2)nn1)c1ccccc1Br. The van der Waals surface area contributed by atoms with Crippen LogP contribution >= 0.6 is 15.9 Å². The van der Waals surface area contributed by atoms with Crippen molar-refractivity contribution in [1.29, 1.82) is 0 Å². The minimum atomic E-state index is -0.498. The number of rotatable bonds is 5. The van der Waals surface area contributed by atoms with Gasteiger partial charge in [-0.3, -0.25) is 0 Å². The standard InChI is InChI=1S/C23H15BrN2O3/c24-20-9-5-4-8-19(20)23(27)29-22-15-14-21(25-26-22)16-10-12-18(13-11-16)28-17-6-2-1-3-7-17/h1-15H. The Hall–Kier alpha value is -3.51. The first-order chi connectivity index (χ1) is 14.2. The van der Waals surface area contributed by atoms with Crippen LogP contribution in [0.3, 0.4) is 0 Å². The number of aromatic nitrogens is 2. The van der Waals surface area contributed by atoms with Gasteiger partial charge in [0.25, 0.3) is 0 Å². The van der Waals surface area contributed by atoms with Gasteiger partial charge in [-0.05, 0) is 70.5 Å². The molecule has 0 aliphatic carbocycles. The lowest BCUT2D eigenvalue weighted by Crippen LogP contribution is -2.10. The Morgan fingerprint density at radius 3 is 2.10 bits per heavy atom. The topological polar surface area (TPSA) is 61.3 Å². The van der Waals surface area contributed by atoms with Gasteiger partial charge >= 0.3 is 5.97 Å². The Bertz CT molecular complexity index is 1110. The number of benzene rings is 3. The van der Waals surface area contributed by atoms with E-state index in [1.165, 1.54) is 0 Å². The third kappa shape index (κ3) is 4.67. The van der Waals surface area contributed by atoms with E-state index in [1.54, 1.807) is 30.3 Å². The molecule has 29 heavy (non-hydrogen) atoms. The third-order valence-corrected chi connectivity index (χ3v) is 4.75. The van der Waals surface area contributed by atoms with Crippen molar-refractivity contribution in [2.24, 2.45) is 0 Å². The van der Waals surface area contributed by atoms with Crippen molar-refractivity contribution in [1.82, 2.24) is 10.2 Å². The van der Waals surface area contributed by atoms with E-state index >= 15 is 0 Å². The molecule has 3 aromatic carbocycles. The fraction of sp³-hybridized carbons (Fsp3) is 0. The highest BCUT2D eigenvalue weighted by molar-refractivity contribution is 9.10. The summed E-state index contributed by atoms with van der Waals surface area (Å²) in [5, 5.41) is 8.15. The molecule has 0 bridgehead atoms. The molecule has 1 heterocycles. The van der Waals surface area contributed by atoms with Crippen LogP contribution in [-0.4, -0.2) is 16.2 Å². The normalized spacial score (nSPS) is 10.4. The molecule has 0 amide bonds. The van der Waals surface area contributed by atoms with Crippen molar-refractivity contribution in [3.05, 3.63) is 101 Å². The molecule has 4 aromatic rings. The second-order valence-corrected chi connectivity index (χ2v) is 6.92. The second kappa shape index (κ2) is 8.67. The average Bonchev–Trinajstić information content (AvgIpc) is 2.76. The van der Waals surface area contributed by atoms with Crippen molar-refractivity contribution in [3.8, 4) is 28.6 Å². The molecule has 5 nitrogen and oxygen atoms in total. The van der Waals surface area contributed by atoms with Gasteiger partial charge in [0.05, 0.1) is 11.3 Å². The summed E-state index contributed by atoms with van der Waals surface area (Å²) < 4.78 is 11.7. The van der Waals surface area contributed by atoms with Gasteiger partial charge < -0.3 is 9.47 Å². The van der Waals surface area contributed by atoms with Gasteiger partial charge in [0, 0.05) is 16.1 Å². The van der Waals surface area contributed by atoms with Crippen molar-refractivity contribution < 1.29 is 14.3 Å². The number of carbonyl (C=O) groups excluding carboxylic acids is 1. The lowest BCUT2D eigenvalue weighted by atomic mass is 10.1. The van der Waals surface area contributed by atoms with Crippen LogP contribution in [0.1, 0.15) is 10.4 Å². The van der Waals surface area contributed by atoms with Gasteiger partial charge in [0.1, 0.15) is 11.5 Å². The third-order valence-electron chi connectivity index (χ3n) is 4.06. The van der Waals surface area contributed by atoms with E-state index in [0.717, 1.165) is 17.1 Å². The predicted molar refractivity (Wildman–Crippen MR) is 113 cm³/mol. The number of hydrogen-bond acceptors (Lipinski definition) is 5. The van der Waals surface area contributed by atoms with E-state index in [9.17, 15) is 4.79 Å². The van der Waals surface area contributed by atoms with Gasteiger partial charge in [0.15, 0.2) is 0 Å². The Morgan fingerprint density at radius 1 is 0.724 bits per heavy atom. The van der Waals surface area contributed by atoms with Gasteiger partial charge in [-0.1, -0.05) is 30.3 Å². The summed E-state index contributed by atoms with van der Waals surface area (Å²) in [7, 11) is 0. The second-order valence-electron chi connectivity index (χ2n) is 6.07. The highest BCUT2D eigenvalue weighted by Gasteiger charge is 2.13. The molecule has 1 aromatic heterocycles. The molecule has 0 spiro atoms. The number of hydrogen-bond donors (Lipinski definition) is 0. The van der Waals surface area contributed by atoms with Gasteiger partial charge in [0.2, 0.25) is 5.88 Å². The summed E-state index contributed by atoms with van der Waals surface area (Å²) in [6.07, 6.45) is 0. The van der Waals surface area contributed by atoms with E-state index < -0.39 is 5.97 Å². The fourth-order valence-electron chi connectivity index (χ4n) is 2.62. The highest BCUT2D eigenvalue weighted by atomic mass is 79.9. The van der Waals surface area contributed by atoms with Crippen LogP contribution < -0.4 is 9.47 Å². The van der Waals surface area contributed by atoms with E-state index in [0.29, 0.717) is 15.7 Å². The zero-order valence-electron chi connectivity index (χ0n) is 15.2. The molecule has 0 fully saturated rings. The van der Waals surface area contributed by atoms with Crippen molar-refractivity contribution >= 4 is 21.9 Å². The van der Waals surface area contributed by atoms with E-state index in [1.807, 2.05) is 60.7 Å². The van der Waals surface area contributed by atoms with Crippen LogP contribution in [0.5, 0.6) is 17.4 Å².